The molecule has 3 aliphatic rings. The summed E-state index contributed by atoms with van der Waals surface area (Å²) in [7, 11) is 0. The molecule has 1 aromatic carbocycles. The molecule has 1 amide bonds. The molecule has 34 heavy (non-hydrogen) atoms. The minimum Gasteiger partial charge on any atom is -0.361 e. The van der Waals surface area contributed by atoms with Gasteiger partial charge >= 0.3 is 0 Å². The smallest absolute Gasteiger partial charge is 0.271 e. The van der Waals surface area contributed by atoms with Crippen molar-refractivity contribution in [3.05, 3.63) is 64.2 Å². The molecule has 2 fully saturated rings. The molecular formula is C24H23ClN8O. The van der Waals surface area contributed by atoms with Crippen LogP contribution in [0.2, 0.25) is 5.02 Å². The van der Waals surface area contributed by atoms with Gasteiger partial charge in [-0.05, 0) is 29.8 Å². The number of aromatic nitrogens is 4. The van der Waals surface area contributed by atoms with Crippen molar-refractivity contribution in [3.63, 3.8) is 0 Å². The summed E-state index contributed by atoms with van der Waals surface area (Å²) in [6.45, 7) is 13.5. The van der Waals surface area contributed by atoms with Crippen LogP contribution in [-0.4, -0.2) is 56.7 Å². The summed E-state index contributed by atoms with van der Waals surface area (Å²) in [6, 6.07) is 11.4. The summed E-state index contributed by atoms with van der Waals surface area (Å²) in [6.07, 6.45) is 0.440. The summed E-state index contributed by atoms with van der Waals surface area (Å²) >= 11 is 6.30. The van der Waals surface area contributed by atoms with E-state index < -0.39 is 0 Å². The fourth-order valence-electron chi connectivity index (χ4n) is 5.27. The lowest BCUT2D eigenvalue weighted by molar-refractivity contribution is -0.132. The maximum atomic E-state index is 12.6. The van der Waals surface area contributed by atoms with Crippen molar-refractivity contribution in [2.24, 2.45) is 5.41 Å². The first-order chi connectivity index (χ1) is 16.5. The molecule has 0 unspecified atom stereocenters. The number of anilines is 2. The summed E-state index contributed by atoms with van der Waals surface area (Å²) in [4.78, 5) is 26.7. The summed E-state index contributed by atoms with van der Waals surface area (Å²) in [5.41, 5.74) is 2.16. The van der Waals surface area contributed by atoms with Crippen molar-refractivity contribution in [2.45, 2.75) is 26.4 Å². The normalized spacial score (nSPS) is 17.9. The van der Waals surface area contributed by atoms with Gasteiger partial charge in [-0.25, -0.2) is 0 Å². The summed E-state index contributed by atoms with van der Waals surface area (Å²) in [5.74, 6) is 2.93. The van der Waals surface area contributed by atoms with Crippen LogP contribution in [0.5, 0.6) is 0 Å². The molecule has 10 heteroatoms. The fraction of sp³-hybridized carbons (Fsp3) is 0.375. The van der Waals surface area contributed by atoms with Crippen molar-refractivity contribution in [2.75, 3.05) is 36.0 Å². The number of benzene rings is 1. The zero-order valence-corrected chi connectivity index (χ0v) is 19.5. The monoisotopic (exact) mass is 474 g/mol. The van der Waals surface area contributed by atoms with E-state index in [9.17, 15) is 4.79 Å². The maximum absolute atomic E-state index is 12.6. The van der Waals surface area contributed by atoms with Gasteiger partial charge < -0.3 is 19.5 Å². The van der Waals surface area contributed by atoms with E-state index in [-0.39, 0.29) is 11.3 Å². The Hall–Kier alpha value is -3.64. The molecule has 0 bridgehead atoms. The Kier molecular flexibility index (Phi) is 4.74. The number of nitrogens with zero attached hydrogens (tertiary/aromatic N) is 8. The minimum absolute atomic E-state index is 0.0808. The van der Waals surface area contributed by atoms with E-state index in [4.69, 9.17) is 18.2 Å². The molecule has 5 heterocycles. The molecular weight excluding hydrogens is 452 g/mol. The SMILES string of the molecule is [C-]#[N+]c1cccc(N2CC3(C2)CN(c2nnc4n2-c2ccc(Cl)cc2CN(C(=O)CC)C4)C3)n1. The number of halogens is 1. The third kappa shape index (κ3) is 3.29. The molecule has 0 atom stereocenters. The van der Waals surface area contributed by atoms with Gasteiger partial charge in [-0.3, -0.25) is 9.36 Å². The zero-order chi connectivity index (χ0) is 23.4. The molecule has 2 saturated heterocycles. The van der Waals surface area contributed by atoms with Crippen molar-refractivity contribution >= 4 is 35.1 Å². The van der Waals surface area contributed by atoms with E-state index in [2.05, 4.69) is 34.4 Å². The largest absolute Gasteiger partial charge is 0.361 e. The van der Waals surface area contributed by atoms with E-state index in [0.29, 0.717) is 30.4 Å². The lowest BCUT2D eigenvalue weighted by Gasteiger charge is -2.60. The Bertz CT molecular complexity index is 1330. The van der Waals surface area contributed by atoms with Crippen LogP contribution in [0.3, 0.4) is 0 Å². The number of hydrogen-bond donors (Lipinski definition) is 0. The van der Waals surface area contributed by atoms with Crippen molar-refractivity contribution in [1.82, 2.24) is 24.6 Å². The number of amides is 1. The Balaban J connectivity index is 1.24. The van der Waals surface area contributed by atoms with E-state index in [1.54, 1.807) is 6.07 Å². The van der Waals surface area contributed by atoms with Crippen LogP contribution in [0, 0.1) is 12.0 Å². The highest BCUT2D eigenvalue weighted by Gasteiger charge is 2.54. The van der Waals surface area contributed by atoms with Gasteiger partial charge in [-0.1, -0.05) is 31.2 Å². The van der Waals surface area contributed by atoms with Crippen molar-refractivity contribution in [1.29, 1.82) is 0 Å². The van der Waals surface area contributed by atoms with Gasteiger partial charge in [0.15, 0.2) is 5.82 Å². The molecule has 1 spiro atoms. The van der Waals surface area contributed by atoms with Gasteiger partial charge in [0.2, 0.25) is 17.7 Å². The van der Waals surface area contributed by atoms with Crippen LogP contribution in [0.1, 0.15) is 24.7 Å². The third-order valence-electron chi connectivity index (χ3n) is 6.89. The highest BCUT2D eigenvalue weighted by atomic mass is 35.5. The van der Waals surface area contributed by atoms with Gasteiger partial charge in [-0.2, -0.15) is 0 Å². The highest BCUT2D eigenvalue weighted by Crippen LogP contribution is 2.44. The number of carbonyl (C=O) groups is 1. The molecule has 0 aliphatic carbocycles. The quantitative estimate of drug-likeness (QED) is 0.541. The lowest BCUT2D eigenvalue weighted by Crippen LogP contribution is -2.73. The van der Waals surface area contributed by atoms with E-state index in [1.165, 1.54) is 0 Å². The van der Waals surface area contributed by atoms with E-state index in [1.807, 2.05) is 42.2 Å². The Morgan fingerprint density at radius 1 is 1.12 bits per heavy atom. The van der Waals surface area contributed by atoms with Gasteiger partial charge in [0, 0.05) is 55.6 Å². The first-order valence-corrected chi connectivity index (χ1v) is 11.7. The first-order valence-electron chi connectivity index (χ1n) is 11.3. The van der Waals surface area contributed by atoms with Crippen LogP contribution in [0.15, 0.2) is 36.4 Å². The van der Waals surface area contributed by atoms with Crippen molar-refractivity contribution < 1.29 is 4.79 Å². The van der Waals surface area contributed by atoms with Crippen LogP contribution < -0.4 is 9.80 Å². The molecule has 3 aliphatic heterocycles. The molecule has 0 N–H and O–H groups in total. The number of carbonyl (C=O) groups excluding carboxylic acids is 1. The third-order valence-corrected chi connectivity index (χ3v) is 7.13. The highest BCUT2D eigenvalue weighted by molar-refractivity contribution is 6.30. The maximum Gasteiger partial charge on any atom is 0.271 e. The van der Waals surface area contributed by atoms with Crippen molar-refractivity contribution in [3.8, 4) is 5.69 Å². The number of pyridine rings is 1. The molecule has 172 valence electrons. The molecule has 6 rings (SSSR count). The van der Waals surface area contributed by atoms with E-state index in [0.717, 1.165) is 55.0 Å². The molecule has 0 saturated carbocycles. The van der Waals surface area contributed by atoms with Gasteiger partial charge in [0.05, 0.1) is 12.2 Å². The molecule has 9 nitrogen and oxygen atoms in total. The van der Waals surface area contributed by atoms with Crippen LogP contribution >= 0.6 is 11.6 Å². The Morgan fingerprint density at radius 3 is 2.68 bits per heavy atom. The van der Waals surface area contributed by atoms with Crippen LogP contribution in [0.4, 0.5) is 17.6 Å². The standard InChI is InChI=1S/C24H23ClN8O/c1-3-22(34)30-10-16-9-17(25)7-8-18(16)33-21(11-30)28-29-23(33)32-14-24(15-32)12-31(13-24)20-6-4-5-19(26-2)27-20/h4-9H,3,10-15H2,1H3. The second kappa shape index (κ2) is 7.71. The second-order valence-electron chi connectivity index (χ2n) is 9.31. The summed E-state index contributed by atoms with van der Waals surface area (Å²) < 4.78 is 2.08. The van der Waals surface area contributed by atoms with Crippen LogP contribution in [-0.2, 0) is 17.9 Å². The predicted molar refractivity (Wildman–Crippen MR) is 128 cm³/mol. The molecule has 0 radical (unpaired) electrons. The molecule has 2 aromatic heterocycles. The minimum atomic E-state index is 0.0808. The number of fused-ring (bicyclic) bond motifs is 3. The Morgan fingerprint density at radius 2 is 1.91 bits per heavy atom. The van der Waals surface area contributed by atoms with E-state index >= 15 is 0 Å². The number of hydrogen-bond acceptors (Lipinski definition) is 6. The number of rotatable bonds is 3. The fourth-order valence-corrected chi connectivity index (χ4v) is 5.47. The van der Waals surface area contributed by atoms with Gasteiger partial charge in [0.25, 0.3) is 5.82 Å². The predicted octanol–water partition coefficient (Wildman–Crippen LogP) is 3.45. The topological polar surface area (TPSA) is 74.8 Å². The van der Waals surface area contributed by atoms with Gasteiger partial charge in [-0.15, -0.1) is 15.2 Å². The average molecular weight is 475 g/mol. The zero-order valence-electron chi connectivity index (χ0n) is 18.8. The second-order valence-corrected chi connectivity index (χ2v) is 9.74. The van der Waals surface area contributed by atoms with Gasteiger partial charge in [0.1, 0.15) is 0 Å². The Labute approximate surface area is 202 Å². The average Bonchev–Trinajstić information content (AvgIpc) is 3.11. The molecule has 3 aromatic rings. The lowest BCUT2D eigenvalue weighted by atomic mass is 9.73. The summed E-state index contributed by atoms with van der Waals surface area (Å²) in [5, 5.41) is 9.66. The van der Waals surface area contributed by atoms with Crippen LogP contribution in [0.25, 0.3) is 10.5 Å². The first kappa shape index (κ1) is 20.9.